The van der Waals surface area contributed by atoms with E-state index in [1.807, 2.05) is 0 Å². The fraction of sp³-hybridized carbons (Fsp3) is 0.500. The van der Waals surface area contributed by atoms with E-state index in [-0.39, 0.29) is 24.5 Å². The smallest absolute Gasteiger partial charge is 0.259 e. The van der Waals surface area contributed by atoms with Crippen molar-refractivity contribution in [3.8, 4) is 5.75 Å². The number of amides is 2. The maximum absolute atomic E-state index is 12.0. The molecule has 7 heteroatoms. The molecule has 1 saturated heterocycles. The van der Waals surface area contributed by atoms with E-state index in [4.69, 9.17) is 9.47 Å². The van der Waals surface area contributed by atoms with Crippen LogP contribution in [0.1, 0.15) is 6.42 Å². The molecule has 1 aromatic rings. The van der Waals surface area contributed by atoms with Gasteiger partial charge >= 0.3 is 0 Å². The van der Waals surface area contributed by atoms with Crippen LogP contribution in [0.5, 0.6) is 5.75 Å². The monoisotopic (exact) mass is 321 g/mol. The van der Waals surface area contributed by atoms with Crippen LogP contribution in [0.4, 0.5) is 5.69 Å². The van der Waals surface area contributed by atoms with Crippen LogP contribution in [-0.4, -0.2) is 63.2 Å². The van der Waals surface area contributed by atoms with Crippen molar-refractivity contribution in [2.75, 3.05) is 45.8 Å². The Labute approximate surface area is 135 Å². The minimum absolute atomic E-state index is 0.00788. The van der Waals surface area contributed by atoms with Gasteiger partial charge in [0.15, 0.2) is 6.61 Å². The van der Waals surface area contributed by atoms with E-state index in [2.05, 4.69) is 10.6 Å². The highest BCUT2D eigenvalue weighted by Crippen LogP contribution is 2.16. The zero-order chi connectivity index (χ0) is 16.7. The topological polar surface area (TPSA) is 79.9 Å². The zero-order valence-electron chi connectivity index (χ0n) is 13.5. The Balaban J connectivity index is 1.77. The van der Waals surface area contributed by atoms with Crippen molar-refractivity contribution in [3.63, 3.8) is 0 Å². The summed E-state index contributed by atoms with van der Waals surface area (Å²) in [6, 6.07) is 7.00. The van der Waals surface area contributed by atoms with Crippen LogP contribution in [0, 0.1) is 0 Å². The summed E-state index contributed by atoms with van der Waals surface area (Å²) in [4.78, 5) is 24.9. The van der Waals surface area contributed by atoms with Gasteiger partial charge < -0.3 is 25.0 Å². The second-order valence-electron chi connectivity index (χ2n) is 5.58. The van der Waals surface area contributed by atoms with Crippen molar-refractivity contribution in [2.24, 2.45) is 0 Å². The summed E-state index contributed by atoms with van der Waals surface area (Å²) in [6.45, 7) is 2.01. The van der Waals surface area contributed by atoms with Crippen molar-refractivity contribution in [1.29, 1.82) is 0 Å². The average Bonchev–Trinajstić information content (AvgIpc) is 2.54. The molecule has 1 heterocycles. The number of hydrogen-bond acceptors (Lipinski definition) is 5. The second-order valence-corrected chi connectivity index (χ2v) is 5.58. The number of ether oxygens (including phenoxy) is 2. The van der Waals surface area contributed by atoms with E-state index in [0.717, 1.165) is 6.54 Å². The number of rotatable bonds is 6. The van der Waals surface area contributed by atoms with Gasteiger partial charge in [0.25, 0.3) is 5.91 Å². The van der Waals surface area contributed by atoms with Gasteiger partial charge in [-0.15, -0.1) is 0 Å². The van der Waals surface area contributed by atoms with Gasteiger partial charge in [-0.1, -0.05) is 0 Å². The van der Waals surface area contributed by atoms with E-state index < -0.39 is 0 Å². The van der Waals surface area contributed by atoms with E-state index in [1.54, 1.807) is 38.4 Å². The third kappa shape index (κ3) is 5.88. The fourth-order valence-electron chi connectivity index (χ4n) is 2.10. The van der Waals surface area contributed by atoms with E-state index in [0.29, 0.717) is 31.1 Å². The maximum Gasteiger partial charge on any atom is 0.259 e. The Kier molecular flexibility index (Phi) is 6.37. The number of hydrogen-bond donors (Lipinski definition) is 2. The number of nitrogens with zero attached hydrogens (tertiary/aromatic N) is 1. The minimum Gasteiger partial charge on any atom is -0.484 e. The second kappa shape index (κ2) is 8.50. The molecular weight excluding hydrogens is 298 g/mol. The molecule has 0 bridgehead atoms. The molecule has 1 aliphatic heterocycles. The lowest BCUT2D eigenvalue weighted by atomic mass is 10.2. The zero-order valence-corrected chi connectivity index (χ0v) is 13.5. The summed E-state index contributed by atoms with van der Waals surface area (Å²) < 4.78 is 10.7. The van der Waals surface area contributed by atoms with Gasteiger partial charge in [-0.3, -0.25) is 9.59 Å². The average molecular weight is 321 g/mol. The van der Waals surface area contributed by atoms with Crippen LogP contribution in [0.3, 0.4) is 0 Å². The first kappa shape index (κ1) is 17.2. The van der Waals surface area contributed by atoms with Crippen molar-refractivity contribution >= 4 is 17.5 Å². The van der Waals surface area contributed by atoms with Gasteiger partial charge in [0.2, 0.25) is 5.91 Å². The molecule has 2 amide bonds. The molecule has 1 atom stereocenters. The standard InChI is InChI=1S/C16H23N3O4/c1-19(2)16(21)11-23-14-5-3-12(4-6-14)18-15(20)9-13-10-22-8-7-17-13/h3-6,13,17H,7-11H2,1-2H3,(H,18,20). The molecule has 1 unspecified atom stereocenters. The highest BCUT2D eigenvalue weighted by molar-refractivity contribution is 5.91. The van der Waals surface area contributed by atoms with Crippen LogP contribution < -0.4 is 15.4 Å². The molecule has 1 aromatic carbocycles. The lowest BCUT2D eigenvalue weighted by Crippen LogP contribution is -2.43. The Morgan fingerprint density at radius 1 is 1.35 bits per heavy atom. The van der Waals surface area contributed by atoms with E-state index >= 15 is 0 Å². The molecule has 2 N–H and O–H groups in total. The van der Waals surface area contributed by atoms with E-state index in [1.165, 1.54) is 4.90 Å². The van der Waals surface area contributed by atoms with Gasteiger partial charge in [0.1, 0.15) is 5.75 Å². The van der Waals surface area contributed by atoms with Crippen LogP contribution in [-0.2, 0) is 14.3 Å². The van der Waals surface area contributed by atoms with Gasteiger partial charge in [0, 0.05) is 38.8 Å². The number of anilines is 1. The number of nitrogens with one attached hydrogen (secondary N) is 2. The highest BCUT2D eigenvalue weighted by atomic mass is 16.5. The predicted octanol–water partition coefficient (Wildman–Crippen LogP) is 0.471. The fourth-order valence-corrected chi connectivity index (χ4v) is 2.10. The lowest BCUT2D eigenvalue weighted by molar-refractivity contribution is -0.130. The van der Waals surface area contributed by atoms with Crippen molar-refractivity contribution < 1.29 is 19.1 Å². The molecule has 1 fully saturated rings. The van der Waals surface area contributed by atoms with Crippen molar-refractivity contribution in [2.45, 2.75) is 12.5 Å². The molecule has 0 saturated carbocycles. The van der Waals surface area contributed by atoms with Gasteiger partial charge in [0.05, 0.1) is 13.2 Å². The van der Waals surface area contributed by atoms with Crippen molar-refractivity contribution in [3.05, 3.63) is 24.3 Å². The van der Waals surface area contributed by atoms with Gasteiger partial charge in [-0.25, -0.2) is 0 Å². The molecule has 0 radical (unpaired) electrons. The summed E-state index contributed by atoms with van der Waals surface area (Å²) >= 11 is 0. The first-order valence-corrected chi connectivity index (χ1v) is 7.58. The summed E-state index contributed by atoms with van der Waals surface area (Å²) in [5.41, 5.74) is 0.693. The number of morpholine rings is 1. The normalized spacial score (nSPS) is 17.4. The van der Waals surface area contributed by atoms with Gasteiger partial charge in [-0.05, 0) is 24.3 Å². The summed E-state index contributed by atoms with van der Waals surface area (Å²) in [6.07, 6.45) is 0.371. The number of likely N-dealkylation sites (N-methyl/N-ethyl adjacent to an activating group) is 1. The molecule has 0 spiro atoms. The Morgan fingerprint density at radius 3 is 2.70 bits per heavy atom. The molecule has 23 heavy (non-hydrogen) atoms. The Bertz CT molecular complexity index is 525. The van der Waals surface area contributed by atoms with Crippen LogP contribution >= 0.6 is 0 Å². The largest absolute Gasteiger partial charge is 0.484 e. The third-order valence-corrected chi connectivity index (χ3v) is 3.43. The molecule has 1 aliphatic rings. The molecule has 0 aromatic heterocycles. The van der Waals surface area contributed by atoms with Crippen LogP contribution in [0.2, 0.25) is 0 Å². The maximum atomic E-state index is 12.0. The summed E-state index contributed by atoms with van der Waals surface area (Å²) in [7, 11) is 3.35. The summed E-state index contributed by atoms with van der Waals surface area (Å²) in [5, 5.41) is 6.07. The Hall–Kier alpha value is -2.12. The molecule has 126 valence electrons. The molecule has 0 aliphatic carbocycles. The summed E-state index contributed by atoms with van der Waals surface area (Å²) in [5.74, 6) is 0.412. The molecular formula is C16H23N3O4. The van der Waals surface area contributed by atoms with Crippen LogP contribution in [0.25, 0.3) is 0 Å². The van der Waals surface area contributed by atoms with E-state index in [9.17, 15) is 9.59 Å². The third-order valence-electron chi connectivity index (χ3n) is 3.43. The Morgan fingerprint density at radius 2 is 2.09 bits per heavy atom. The minimum atomic E-state index is -0.107. The van der Waals surface area contributed by atoms with Crippen molar-refractivity contribution in [1.82, 2.24) is 10.2 Å². The highest BCUT2D eigenvalue weighted by Gasteiger charge is 2.16. The quantitative estimate of drug-likeness (QED) is 0.796. The first-order chi connectivity index (χ1) is 11.0. The number of carbonyl (C=O) groups excluding carboxylic acids is 2. The molecule has 2 rings (SSSR count). The van der Waals surface area contributed by atoms with Gasteiger partial charge in [-0.2, -0.15) is 0 Å². The molecule has 7 nitrogen and oxygen atoms in total. The predicted molar refractivity (Wildman–Crippen MR) is 86.5 cm³/mol. The number of benzene rings is 1. The van der Waals surface area contributed by atoms with Crippen LogP contribution in [0.15, 0.2) is 24.3 Å². The number of carbonyl (C=O) groups is 2. The SMILES string of the molecule is CN(C)C(=O)COc1ccc(NC(=O)CC2COCCN2)cc1. The lowest BCUT2D eigenvalue weighted by Gasteiger charge is -2.23. The first-order valence-electron chi connectivity index (χ1n) is 7.58.